The molecule has 5 saturated heterocycles. The highest BCUT2D eigenvalue weighted by Crippen LogP contribution is 2.48. The Kier molecular flexibility index (Phi) is 14.4. The van der Waals surface area contributed by atoms with Crippen LogP contribution in [0.3, 0.4) is 0 Å². The van der Waals surface area contributed by atoms with E-state index in [1.54, 1.807) is 40.2 Å². The number of carbonyl (C=O) groups excluding carboxylic acids is 1. The molecule has 0 radical (unpaired) electrons. The van der Waals surface area contributed by atoms with Crippen molar-refractivity contribution in [1.29, 1.82) is 0 Å². The predicted octanol–water partition coefficient (Wildman–Crippen LogP) is 5.60. The molecule has 1 spiro atoms. The van der Waals surface area contributed by atoms with Gasteiger partial charge in [-0.2, -0.15) is 0 Å². The molecule has 0 aromatic carbocycles. The van der Waals surface area contributed by atoms with E-state index in [2.05, 4.69) is 19.9 Å². The number of methoxy groups -OCH3 is 2. The van der Waals surface area contributed by atoms with Gasteiger partial charge in [0.15, 0.2) is 18.4 Å². The van der Waals surface area contributed by atoms with Crippen LogP contribution >= 0.6 is 0 Å². The van der Waals surface area contributed by atoms with Crippen LogP contribution in [0.1, 0.15) is 109 Å². The van der Waals surface area contributed by atoms with Crippen molar-refractivity contribution < 1.29 is 70.2 Å². The minimum Gasteiger partial charge on any atom is -0.462 e. The Morgan fingerprint density at radius 1 is 0.952 bits per heavy atom. The molecule has 2 bridgehead atoms. The summed E-state index contributed by atoms with van der Waals surface area (Å²) in [6.07, 6.45) is 0.638. The summed E-state index contributed by atoms with van der Waals surface area (Å²) >= 11 is 0. The second-order valence-electron chi connectivity index (χ2n) is 19.0. The second-order valence-corrected chi connectivity index (χ2v) is 19.0. The molecule has 0 aromatic rings. The quantitative estimate of drug-likeness (QED) is 0.204. The molecular formula is C48H74O14. The van der Waals surface area contributed by atoms with Crippen molar-refractivity contribution in [2.75, 3.05) is 20.8 Å². The van der Waals surface area contributed by atoms with Crippen molar-refractivity contribution in [3.63, 3.8) is 0 Å². The van der Waals surface area contributed by atoms with Gasteiger partial charge >= 0.3 is 5.97 Å². The molecule has 2 unspecified atom stereocenters. The minimum absolute atomic E-state index is 0.00937. The Morgan fingerprint density at radius 2 is 1.66 bits per heavy atom. The minimum atomic E-state index is -1.90. The van der Waals surface area contributed by atoms with Gasteiger partial charge in [-0.1, -0.05) is 64.5 Å². The molecule has 5 fully saturated rings. The van der Waals surface area contributed by atoms with Crippen LogP contribution < -0.4 is 0 Å². The maximum absolute atomic E-state index is 14.4. The number of aliphatic hydroxyl groups is 3. The topological polar surface area (TPSA) is 170 Å². The summed E-state index contributed by atoms with van der Waals surface area (Å²) in [5, 5.41) is 34.3. The molecule has 0 saturated carbocycles. The number of ether oxygens (including phenoxy) is 10. The van der Waals surface area contributed by atoms with Gasteiger partial charge in [-0.05, 0) is 69.1 Å². The Balaban J connectivity index is 1.20. The van der Waals surface area contributed by atoms with Crippen LogP contribution in [0.25, 0.3) is 0 Å². The largest absolute Gasteiger partial charge is 0.462 e. The van der Waals surface area contributed by atoms with Crippen molar-refractivity contribution in [1.82, 2.24) is 0 Å². The molecule has 7 aliphatic rings. The number of rotatable bonds is 8. The molecule has 6 aliphatic heterocycles. The van der Waals surface area contributed by atoms with Gasteiger partial charge in [-0.15, -0.1) is 0 Å². The van der Waals surface area contributed by atoms with E-state index in [-0.39, 0.29) is 43.3 Å². The third-order valence-corrected chi connectivity index (χ3v) is 14.5. The van der Waals surface area contributed by atoms with Gasteiger partial charge in [-0.3, -0.25) is 4.79 Å². The van der Waals surface area contributed by atoms with Crippen molar-refractivity contribution in [2.24, 2.45) is 23.7 Å². The molecule has 3 N–H and O–H groups in total. The summed E-state index contributed by atoms with van der Waals surface area (Å²) in [5.41, 5.74) is -0.0927. The summed E-state index contributed by atoms with van der Waals surface area (Å²) < 4.78 is 82.1. The molecule has 7 rings (SSSR count). The SMILES string of the molecule is [2H]C1[C@@H]([2H])[C@]2(C[C@@H]3C[C@@H](C/C=C(\C)[C@@H](O[C@H]4C[C@H](OC)[C@@H](O[C@H]5C[C@H](OC)[C@@H](O)[C@H](C)O5)[C@H](C)O4)[C@@H](C)/C=C/C=C4\CO[C@@H]5[C@H](O)C(C)=CC(C(=O)O3)[C@]45O)O2)O[C@H]([C@H](C)CC)[C@H]1C. The standard InChI is InChI=1S/C48H74O14/c1-11-25(2)43-28(5)17-18-47(62-43)23-34-20-33(61-47)16-15-27(4)42(26(3)13-12-14-32-24-55-45-40(49)29(6)19-35(46(51)58-34)48(32,45)52)59-39-22-37(54-10)44(31(8)57-39)60-38-21-36(53-9)41(50)30(7)56-38/h12-15,19,25-26,28,30-31,33-45,49-50,52H,11,16-18,20-24H2,1-10H3/b13-12+,27-15+,32-14+/t25-,26+,28+,30+,31+,33-,34+,35?,36+,37+,38+,39+,40-,41+,42+,43-,44+,45-,47-,48-/m1/s1/i17D,18D/t17?,18-,25-,26+,28+,30+,31+,33-,34+,35?,36+,37+,38+,39+,40-,41+,42+,43-,44+,45-,47-,48-. The molecule has 14 heteroatoms. The lowest BCUT2D eigenvalue weighted by molar-refractivity contribution is -0.340. The van der Waals surface area contributed by atoms with E-state index < -0.39 is 116 Å². The van der Waals surface area contributed by atoms with E-state index >= 15 is 0 Å². The Bertz CT molecular complexity index is 1760. The number of hydrogen-bond donors (Lipinski definition) is 3. The van der Waals surface area contributed by atoms with E-state index in [1.807, 2.05) is 39.8 Å². The van der Waals surface area contributed by atoms with E-state index in [9.17, 15) is 22.9 Å². The molecule has 0 aromatic heterocycles. The number of carbonyl (C=O) groups is 1. The maximum atomic E-state index is 14.4. The fourth-order valence-electron chi connectivity index (χ4n) is 10.6. The number of fused-ring (bicyclic) bond motifs is 2. The summed E-state index contributed by atoms with van der Waals surface area (Å²) in [4.78, 5) is 14.4. The zero-order valence-corrected chi connectivity index (χ0v) is 38.2. The van der Waals surface area contributed by atoms with Gasteiger partial charge in [0.1, 0.15) is 42.0 Å². The highest BCUT2D eigenvalue weighted by Gasteiger charge is 2.60. The molecule has 6 heterocycles. The van der Waals surface area contributed by atoms with Crippen molar-refractivity contribution in [3.05, 3.63) is 47.1 Å². The van der Waals surface area contributed by atoms with Gasteiger partial charge in [0.2, 0.25) is 0 Å². The molecule has 350 valence electrons. The summed E-state index contributed by atoms with van der Waals surface area (Å²) in [5.74, 6) is -3.77. The Hall–Kier alpha value is -2.05. The molecule has 1 aliphatic carbocycles. The number of esters is 1. The van der Waals surface area contributed by atoms with Gasteiger partial charge < -0.3 is 62.7 Å². The number of allylic oxidation sites excluding steroid dienone is 2. The molecule has 14 nitrogen and oxygen atoms in total. The van der Waals surface area contributed by atoms with Gasteiger partial charge in [0, 0.05) is 55.0 Å². The predicted molar refractivity (Wildman–Crippen MR) is 227 cm³/mol. The molecule has 0 amide bonds. The van der Waals surface area contributed by atoms with Crippen molar-refractivity contribution in [2.45, 2.75) is 204 Å². The Labute approximate surface area is 371 Å². The van der Waals surface area contributed by atoms with Crippen LogP contribution in [-0.4, -0.2) is 139 Å². The zero-order valence-electron chi connectivity index (χ0n) is 40.2. The van der Waals surface area contributed by atoms with E-state index in [1.165, 1.54) is 0 Å². The first-order chi connectivity index (χ1) is 30.3. The van der Waals surface area contributed by atoms with Gasteiger partial charge in [-0.25, -0.2) is 0 Å². The van der Waals surface area contributed by atoms with Crippen LogP contribution in [0.15, 0.2) is 47.1 Å². The summed E-state index contributed by atoms with van der Waals surface area (Å²) in [6, 6.07) is 0. The Morgan fingerprint density at radius 3 is 2.39 bits per heavy atom. The van der Waals surface area contributed by atoms with E-state index in [0.717, 1.165) is 12.0 Å². The molecule has 62 heavy (non-hydrogen) atoms. The van der Waals surface area contributed by atoms with Crippen LogP contribution in [-0.2, 0) is 52.2 Å². The fraction of sp³-hybridized carbons (Fsp3) is 0.812. The summed E-state index contributed by atoms with van der Waals surface area (Å²) in [7, 11) is 3.19. The lowest BCUT2D eigenvalue weighted by Gasteiger charge is -2.51. The van der Waals surface area contributed by atoms with Gasteiger partial charge in [0.25, 0.3) is 0 Å². The van der Waals surface area contributed by atoms with Crippen LogP contribution in [0, 0.1) is 23.7 Å². The second kappa shape index (κ2) is 19.8. The fourth-order valence-corrected chi connectivity index (χ4v) is 10.6. The lowest BCUT2D eigenvalue weighted by atomic mass is 9.71. The maximum Gasteiger partial charge on any atom is 0.316 e. The smallest absolute Gasteiger partial charge is 0.316 e. The monoisotopic (exact) mass is 877 g/mol. The first kappa shape index (κ1) is 45.1. The average molecular weight is 877 g/mol. The zero-order chi connectivity index (χ0) is 46.4. The number of hydrogen-bond acceptors (Lipinski definition) is 14. The third-order valence-electron chi connectivity index (χ3n) is 14.5. The molecule has 22 atom stereocenters. The third kappa shape index (κ3) is 9.73. The average Bonchev–Trinajstić information content (AvgIpc) is 3.61. The highest BCUT2D eigenvalue weighted by atomic mass is 16.7. The van der Waals surface area contributed by atoms with Crippen molar-refractivity contribution in [3.8, 4) is 0 Å². The number of aliphatic hydroxyl groups excluding tert-OH is 2. The highest BCUT2D eigenvalue weighted by molar-refractivity contribution is 5.78. The van der Waals surface area contributed by atoms with Crippen LogP contribution in [0.2, 0.25) is 0 Å². The van der Waals surface area contributed by atoms with Gasteiger partial charge in [0.05, 0.1) is 49.3 Å². The van der Waals surface area contributed by atoms with Crippen LogP contribution in [0.5, 0.6) is 0 Å². The first-order valence-electron chi connectivity index (χ1n) is 24.0. The van der Waals surface area contributed by atoms with Crippen molar-refractivity contribution >= 4 is 5.97 Å². The lowest BCUT2D eigenvalue weighted by Crippen LogP contribution is -2.58. The summed E-state index contributed by atoms with van der Waals surface area (Å²) in [6.45, 7) is 15.5. The first-order valence-corrected chi connectivity index (χ1v) is 22.9. The normalized spacial score (nSPS) is 52.2. The molecular weight excluding hydrogens is 801 g/mol. The van der Waals surface area contributed by atoms with Crippen LogP contribution in [0.4, 0.5) is 0 Å². The van der Waals surface area contributed by atoms with E-state index in [4.69, 9.17) is 47.4 Å². The van der Waals surface area contributed by atoms with E-state index in [0.29, 0.717) is 30.4 Å².